The Morgan fingerprint density at radius 2 is 1.36 bits per heavy atom. The zero-order chi connectivity index (χ0) is 16.0. The molecule has 0 heterocycles. The van der Waals surface area contributed by atoms with Crippen molar-refractivity contribution >= 4 is 10.4 Å². The predicted molar refractivity (Wildman–Crippen MR) is 82.7 cm³/mol. The number of rotatable bonds is 15. The molecule has 7 heteroatoms. The molecule has 0 aromatic heterocycles. The Morgan fingerprint density at radius 3 is 1.82 bits per heavy atom. The largest absolute Gasteiger partial charge is 1.00 e. The third-order valence-corrected chi connectivity index (χ3v) is 3.75. The summed E-state index contributed by atoms with van der Waals surface area (Å²) in [6.07, 6.45) is 11.1. The summed E-state index contributed by atoms with van der Waals surface area (Å²) in [6.45, 7) is 4.54. The zero-order valence-electron chi connectivity index (χ0n) is 14.5. The first-order valence-corrected chi connectivity index (χ1v) is 9.58. The number of hydrogen-bond acceptors (Lipinski definition) is 5. The maximum atomic E-state index is 10.5. The molecule has 0 saturated heterocycles. The van der Waals surface area contributed by atoms with E-state index in [1.807, 2.05) is 6.92 Å². The summed E-state index contributed by atoms with van der Waals surface area (Å²) >= 11 is 0. The van der Waals surface area contributed by atoms with E-state index < -0.39 is 16.7 Å². The van der Waals surface area contributed by atoms with Gasteiger partial charge in [-0.2, -0.15) is 0 Å². The minimum atomic E-state index is -4.68. The van der Waals surface area contributed by atoms with Crippen LogP contribution in [0.25, 0.3) is 0 Å². The van der Waals surface area contributed by atoms with Crippen LogP contribution in [0.1, 0.15) is 84.5 Å². The van der Waals surface area contributed by atoms with Crippen LogP contribution in [0.3, 0.4) is 0 Å². The van der Waals surface area contributed by atoms with Crippen LogP contribution in [0.2, 0.25) is 0 Å². The second kappa shape index (κ2) is 16.7. The molecule has 0 amide bonds. The van der Waals surface area contributed by atoms with Crippen molar-refractivity contribution in [3.8, 4) is 0 Å². The molecule has 1 atom stereocenters. The third kappa shape index (κ3) is 18.9. The Hall–Kier alpha value is 0.830. The van der Waals surface area contributed by atoms with Gasteiger partial charge in [-0.25, -0.2) is 12.6 Å². The summed E-state index contributed by atoms with van der Waals surface area (Å²) in [6, 6.07) is 0. The fourth-order valence-electron chi connectivity index (χ4n) is 2.15. The maximum absolute atomic E-state index is 10.5. The van der Waals surface area contributed by atoms with Gasteiger partial charge in [-0.3, -0.25) is 0 Å². The van der Waals surface area contributed by atoms with Gasteiger partial charge in [0.2, 0.25) is 10.4 Å². The summed E-state index contributed by atoms with van der Waals surface area (Å²) in [4.78, 5) is 0. The van der Waals surface area contributed by atoms with Crippen molar-refractivity contribution in [3.63, 3.8) is 0 Å². The molecule has 128 valence electrons. The minimum Gasteiger partial charge on any atom is -0.725 e. The van der Waals surface area contributed by atoms with E-state index >= 15 is 0 Å². The molecular weight excluding hydrogens is 315 g/mol. The van der Waals surface area contributed by atoms with Crippen molar-refractivity contribution in [2.75, 3.05) is 6.61 Å². The predicted octanol–water partition coefficient (Wildman–Crippen LogP) is 1.14. The van der Waals surface area contributed by atoms with Crippen LogP contribution in [0.5, 0.6) is 0 Å². The fraction of sp³-hybridized carbons (Fsp3) is 1.00. The molecule has 0 N–H and O–H groups in total. The molecule has 0 aromatic rings. The Morgan fingerprint density at radius 1 is 0.864 bits per heavy atom. The van der Waals surface area contributed by atoms with Crippen LogP contribution in [-0.4, -0.2) is 25.9 Å². The van der Waals surface area contributed by atoms with Crippen LogP contribution in [0.15, 0.2) is 0 Å². The van der Waals surface area contributed by atoms with Gasteiger partial charge in [-0.15, -0.1) is 0 Å². The van der Waals surface area contributed by atoms with Gasteiger partial charge in [0, 0.05) is 6.61 Å². The topological polar surface area (TPSA) is 75.7 Å². The van der Waals surface area contributed by atoms with Gasteiger partial charge in [0.25, 0.3) is 0 Å². The molecule has 0 rings (SSSR count). The second-order valence-electron chi connectivity index (χ2n) is 5.42. The zero-order valence-corrected chi connectivity index (χ0v) is 17.3. The number of hydrogen-bond donors (Lipinski definition) is 0. The Bertz CT molecular complexity index is 322. The van der Waals surface area contributed by atoms with Crippen molar-refractivity contribution in [3.05, 3.63) is 0 Å². The van der Waals surface area contributed by atoms with Crippen LogP contribution in [0, 0.1) is 0 Å². The van der Waals surface area contributed by atoms with Crippen LogP contribution in [0.4, 0.5) is 0 Å². The van der Waals surface area contributed by atoms with E-state index in [0.29, 0.717) is 19.4 Å². The van der Waals surface area contributed by atoms with E-state index in [0.717, 1.165) is 12.8 Å². The van der Waals surface area contributed by atoms with Crippen LogP contribution < -0.4 is 29.6 Å². The van der Waals surface area contributed by atoms with Crippen molar-refractivity contribution in [2.45, 2.75) is 90.8 Å². The summed E-state index contributed by atoms with van der Waals surface area (Å²) in [7, 11) is -4.68. The molecule has 0 radical (unpaired) electrons. The van der Waals surface area contributed by atoms with Crippen molar-refractivity contribution in [1.29, 1.82) is 0 Å². The molecule has 0 fully saturated rings. The molecule has 0 spiro atoms. The first kappa shape index (κ1) is 25.1. The number of unbranched alkanes of at least 4 members (excludes halogenated alkanes) is 8. The summed E-state index contributed by atoms with van der Waals surface area (Å²) in [5.41, 5.74) is 0. The van der Waals surface area contributed by atoms with E-state index in [1.54, 1.807) is 0 Å². The van der Waals surface area contributed by atoms with E-state index in [-0.39, 0.29) is 29.6 Å². The average molecular weight is 346 g/mol. The maximum Gasteiger partial charge on any atom is 1.00 e. The normalized spacial score (nSPS) is 12.9. The van der Waals surface area contributed by atoms with Crippen molar-refractivity contribution in [1.82, 2.24) is 0 Å². The molecule has 0 aliphatic heterocycles. The van der Waals surface area contributed by atoms with Gasteiger partial charge in [-0.05, 0) is 12.8 Å². The van der Waals surface area contributed by atoms with Gasteiger partial charge in [0.1, 0.15) is 0 Å². The molecule has 22 heavy (non-hydrogen) atoms. The average Bonchev–Trinajstić information content (AvgIpc) is 2.39. The Labute approximate surface area is 158 Å². The van der Waals surface area contributed by atoms with Crippen molar-refractivity contribution < 1.29 is 51.4 Å². The summed E-state index contributed by atoms with van der Waals surface area (Å²) in [5, 5.41) is 0. The van der Waals surface area contributed by atoms with Gasteiger partial charge < -0.3 is 9.29 Å². The smallest absolute Gasteiger partial charge is 0.725 e. The van der Waals surface area contributed by atoms with Crippen LogP contribution >= 0.6 is 0 Å². The van der Waals surface area contributed by atoms with E-state index in [4.69, 9.17) is 4.74 Å². The molecule has 0 aliphatic carbocycles. The van der Waals surface area contributed by atoms with Gasteiger partial charge in [0.05, 0.1) is 0 Å². The molecular formula is C15H31NaO5S. The summed E-state index contributed by atoms with van der Waals surface area (Å²) < 4.78 is 41.3. The number of ether oxygens (including phenoxy) is 1. The Balaban J connectivity index is 0. The monoisotopic (exact) mass is 346 g/mol. The first-order valence-electron chi connectivity index (χ1n) is 8.25. The quantitative estimate of drug-likeness (QED) is 0.146. The third-order valence-electron chi connectivity index (χ3n) is 3.30. The molecule has 0 aliphatic rings. The van der Waals surface area contributed by atoms with E-state index in [1.165, 1.54) is 44.9 Å². The van der Waals surface area contributed by atoms with Gasteiger partial charge in [0.15, 0.2) is 6.29 Å². The van der Waals surface area contributed by atoms with Gasteiger partial charge >= 0.3 is 29.6 Å². The molecule has 5 nitrogen and oxygen atoms in total. The molecule has 0 aromatic carbocycles. The fourth-order valence-corrected chi connectivity index (χ4v) is 2.57. The van der Waals surface area contributed by atoms with Gasteiger partial charge in [-0.1, -0.05) is 71.6 Å². The second-order valence-corrected chi connectivity index (χ2v) is 6.43. The standard InChI is InChI=1S/C15H32O5S.Na/c1-3-5-6-7-8-9-10-11-12-14-19-15(13-4-2)20-21(16,17)18;/h15H,3-14H2,1-2H3,(H,16,17,18);/q;+1/p-1. The van der Waals surface area contributed by atoms with E-state index in [9.17, 15) is 13.0 Å². The van der Waals surface area contributed by atoms with Crippen LogP contribution in [-0.2, 0) is 19.3 Å². The SMILES string of the molecule is CCCCCCCCCCCOC(CCC)OS(=O)(=O)[O-].[Na+]. The summed E-state index contributed by atoms with van der Waals surface area (Å²) in [5.74, 6) is 0. The first-order chi connectivity index (χ1) is 9.99. The molecule has 0 saturated carbocycles. The Kier molecular flexibility index (Phi) is 19.0. The van der Waals surface area contributed by atoms with E-state index in [2.05, 4.69) is 11.1 Å². The minimum absolute atomic E-state index is 0. The molecule has 0 bridgehead atoms. The molecule has 1 unspecified atom stereocenters. The van der Waals surface area contributed by atoms with Crippen molar-refractivity contribution in [2.24, 2.45) is 0 Å².